The summed E-state index contributed by atoms with van der Waals surface area (Å²) in [6, 6.07) is 0. The zero-order valence-electron chi connectivity index (χ0n) is 5.11. The molecule has 0 aromatic heterocycles. The van der Waals surface area contributed by atoms with Gasteiger partial charge >= 0.3 is 5.97 Å². The lowest BCUT2D eigenvalue weighted by Crippen LogP contribution is -2.60. The van der Waals surface area contributed by atoms with E-state index in [1.165, 1.54) is 12.4 Å². The van der Waals surface area contributed by atoms with Crippen LogP contribution in [-0.4, -0.2) is 23.0 Å². The molecule has 0 amide bonds. The Bertz CT molecular complexity index is 211. The first-order valence-electron chi connectivity index (χ1n) is 2.64. The molecule has 0 aromatic carbocycles. The topological polar surface area (TPSA) is 87.7 Å². The van der Waals surface area contributed by atoms with E-state index < -0.39 is 11.6 Å². The van der Waals surface area contributed by atoms with Gasteiger partial charge in [-0.2, -0.15) is 0 Å². The number of nitrogens with one attached hydrogen (secondary N) is 1. The number of aliphatic imine (C=N–C) groups is 1. The highest BCUT2D eigenvalue weighted by molar-refractivity contribution is 5.98. The third-order valence-electron chi connectivity index (χ3n) is 1.11. The molecule has 1 heterocycles. The van der Waals surface area contributed by atoms with Gasteiger partial charge < -0.3 is 10.4 Å². The minimum absolute atomic E-state index is 1.13. The Morgan fingerprint density at radius 1 is 1.80 bits per heavy atom. The number of hydrogen-bond acceptors (Lipinski definition) is 4. The van der Waals surface area contributed by atoms with E-state index in [1.807, 2.05) is 0 Å². The Morgan fingerprint density at radius 3 is 2.80 bits per heavy atom. The predicted molar refractivity (Wildman–Crippen MR) is 35.3 cm³/mol. The maximum absolute atomic E-state index is 10.4. The lowest BCUT2D eigenvalue weighted by molar-refractivity contribution is -0.141. The van der Waals surface area contributed by atoms with Crippen molar-refractivity contribution in [3.63, 3.8) is 0 Å². The van der Waals surface area contributed by atoms with Crippen LogP contribution in [0.4, 0.5) is 0 Å². The van der Waals surface area contributed by atoms with Crippen LogP contribution >= 0.6 is 0 Å². The molecule has 5 nitrogen and oxygen atoms in total. The third kappa shape index (κ3) is 0.985. The number of nitrogens with two attached hydrogens (primary N) is 1. The van der Waals surface area contributed by atoms with Crippen LogP contribution in [0.25, 0.3) is 0 Å². The van der Waals surface area contributed by atoms with Gasteiger partial charge in [-0.15, -0.1) is 0 Å². The quantitative estimate of drug-likeness (QED) is 0.431. The molecule has 1 aliphatic heterocycles. The second kappa shape index (κ2) is 2.11. The molecule has 0 aromatic rings. The summed E-state index contributed by atoms with van der Waals surface area (Å²) in [6.07, 6.45) is 3.94. The first kappa shape index (κ1) is 6.76. The van der Waals surface area contributed by atoms with E-state index in [1.54, 1.807) is 0 Å². The van der Waals surface area contributed by atoms with Gasteiger partial charge in [0.05, 0.1) is 6.21 Å². The molecular weight excluding hydrogens is 134 g/mol. The van der Waals surface area contributed by atoms with Crippen molar-refractivity contribution >= 4 is 12.2 Å². The number of rotatable bonds is 1. The summed E-state index contributed by atoms with van der Waals surface area (Å²) in [5.41, 5.74) is 3.76. The Labute approximate surface area is 57.2 Å². The fourth-order valence-electron chi connectivity index (χ4n) is 0.533. The van der Waals surface area contributed by atoms with Crippen LogP contribution in [0.15, 0.2) is 17.4 Å². The van der Waals surface area contributed by atoms with Gasteiger partial charge in [-0.25, -0.2) is 4.79 Å². The van der Waals surface area contributed by atoms with Crippen molar-refractivity contribution < 1.29 is 9.90 Å². The van der Waals surface area contributed by atoms with Crippen molar-refractivity contribution in [2.45, 2.75) is 5.66 Å². The van der Waals surface area contributed by atoms with Gasteiger partial charge in [0, 0.05) is 12.4 Å². The molecule has 0 fully saturated rings. The lowest BCUT2D eigenvalue weighted by atomic mass is 10.2. The molecule has 0 radical (unpaired) electrons. The average Bonchev–Trinajstić information content (AvgIpc) is 1.89. The molecule has 0 saturated heterocycles. The zero-order chi connectivity index (χ0) is 7.61. The van der Waals surface area contributed by atoms with Crippen LogP contribution in [0, 0.1) is 0 Å². The standard InChI is InChI=1S/C5H7N3O2/c6-5(4(9)10)3-7-1-2-8-5/h1-3,8H,6H2,(H,9,10). The molecule has 1 rings (SSSR count). The predicted octanol–water partition coefficient (Wildman–Crippen LogP) is -1.13. The van der Waals surface area contributed by atoms with E-state index in [0.717, 1.165) is 6.21 Å². The van der Waals surface area contributed by atoms with Crippen LogP contribution in [-0.2, 0) is 4.79 Å². The van der Waals surface area contributed by atoms with Crippen molar-refractivity contribution in [3.8, 4) is 0 Å². The number of carboxylic acids is 1. The fraction of sp³-hybridized carbons (Fsp3) is 0.200. The Balaban J connectivity index is 2.80. The van der Waals surface area contributed by atoms with Crippen molar-refractivity contribution in [2.24, 2.45) is 10.7 Å². The maximum atomic E-state index is 10.4. The maximum Gasteiger partial charge on any atom is 0.350 e. The summed E-state index contributed by atoms with van der Waals surface area (Å²) in [5.74, 6) is -1.15. The number of carbonyl (C=O) groups is 1. The van der Waals surface area contributed by atoms with Gasteiger partial charge in [0.2, 0.25) is 5.66 Å². The Kier molecular flexibility index (Phi) is 1.42. The van der Waals surface area contributed by atoms with Crippen molar-refractivity contribution in [3.05, 3.63) is 12.4 Å². The third-order valence-corrected chi connectivity index (χ3v) is 1.11. The molecule has 1 atom stereocenters. The molecule has 1 aliphatic rings. The van der Waals surface area contributed by atoms with Gasteiger partial charge in [-0.1, -0.05) is 0 Å². The molecule has 0 spiro atoms. The summed E-state index contributed by atoms with van der Waals surface area (Å²) < 4.78 is 0. The summed E-state index contributed by atoms with van der Waals surface area (Å²) in [4.78, 5) is 13.9. The highest BCUT2D eigenvalue weighted by atomic mass is 16.4. The minimum Gasteiger partial charge on any atom is -0.478 e. The fourth-order valence-corrected chi connectivity index (χ4v) is 0.533. The van der Waals surface area contributed by atoms with E-state index in [-0.39, 0.29) is 0 Å². The second-order valence-corrected chi connectivity index (χ2v) is 1.91. The van der Waals surface area contributed by atoms with E-state index in [0.29, 0.717) is 0 Å². The second-order valence-electron chi connectivity index (χ2n) is 1.91. The number of aliphatic carboxylic acids is 1. The first-order chi connectivity index (χ1) is 4.65. The summed E-state index contributed by atoms with van der Waals surface area (Å²) in [5, 5.41) is 10.9. The van der Waals surface area contributed by atoms with Crippen LogP contribution in [0.1, 0.15) is 0 Å². The Hall–Kier alpha value is -1.36. The van der Waals surface area contributed by atoms with Gasteiger partial charge in [0.1, 0.15) is 0 Å². The van der Waals surface area contributed by atoms with Crippen molar-refractivity contribution in [2.75, 3.05) is 0 Å². The monoisotopic (exact) mass is 141 g/mol. The molecule has 0 bridgehead atoms. The van der Waals surface area contributed by atoms with E-state index in [9.17, 15) is 4.79 Å². The van der Waals surface area contributed by atoms with Crippen LogP contribution in [0.2, 0.25) is 0 Å². The van der Waals surface area contributed by atoms with E-state index >= 15 is 0 Å². The summed E-state index contributed by atoms with van der Waals surface area (Å²) in [6.45, 7) is 0. The molecule has 54 valence electrons. The lowest BCUT2D eigenvalue weighted by Gasteiger charge is -2.21. The minimum atomic E-state index is -1.53. The molecule has 4 N–H and O–H groups in total. The van der Waals surface area contributed by atoms with Gasteiger partial charge in [-0.05, 0) is 0 Å². The normalized spacial score (nSPS) is 29.7. The Morgan fingerprint density at radius 2 is 2.50 bits per heavy atom. The van der Waals surface area contributed by atoms with Crippen molar-refractivity contribution in [1.29, 1.82) is 0 Å². The smallest absolute Gasteiger partial charge is 0.350 e. The number of hydrogen-bond donors (Lipinski definition) is 3. The molecule has 0 saturated carbocycles. The number of nitrogens with zero attached hydrogens (tertiary/aromatic N) is 1. The molecule has 1 unspecified atom stereocenters. The van der Waals surface area contributed by atoms with Gasteiger partial charge in [0.15, 0.2) is 0 Å². The largest absolute Gasteiger partial charge is 0.478 e. The van der Waals surface area contributed by atoms with E-state index in [4.69, 9.17) is 10.8 Å². The average molecular weight is 141 g/mol. The molecule has 0 aliphatic carbocycles. The highest BCUT2D eigenvalue weighted by Crippen LogP contribution is 1.96. The zero-order valence-corrected chi connectivity index (χ0v) is 5.11. The first-order valence-corrected chi connectivity index (χ1v) is 2.64. The molecular formula is C5H7N3O2. The van der Waals surface area contributed by atoms with Crippen LogP contribution in [0.5, 0.6) is 0 Å². The highest BCUT2D eigenvalue weighted by Gasteiger charge is 2.31. The van der Waals surface area contributed by atoms with Crippen molar-refractivity contribution in [1.82, 2.24) is 5.32 Å². The SMILES string of the molecule is NC1(C(=O)O)C=NC=CN1. The van der Waals surface area contributed by atoms with Gasteiger partial charge in [0.25, 0.3) is 0 Å². The van der Waals surface area contributed by atoms with Crippen LogP contribution < -0.4 is 11.1 Å². The molecule has 10 heavy (non-hydrogen) atoms. The molecule has 5 heteroatoms. The van der Waals surface area contributed by atoms with E-state index in [2.05, 4.69) is 10.3 Å². The van der Waals surface area contributed by atoms with Gasteiger partial charge in [-0.3, -0.25) is 10.7 Å². The van der Waals surface area contributed by atoms with Crippen LogP contribution in [0.3, 0.4) is 0 Å². The number of carboxylic acid groups (broad SMARTS) is 1. The summed E-state index contributed by atoms with van der Waals surface area (Å²) >= 11 is 0. The summed E-state index contributed by atoms with van der Waals surface area (Å²) in [7, 11) is 0.